The topological polar surface area (TPSA) is 103 Å². The molecule has 1 aliphatic rings. The van der Waals surface area contributed by atoms with Crippen LogP contribution < -0.4 is 9.80 Å². The number of anilines is 2. The molecule has 5 aromatic rings. The summed E-state index contributed by atoms with van der Waals surface area (Å²) in [5.41, 5.74) is 5.07. The molecule has 172 valence electrons. The maximum absolute atomic E-state index is 15.9. The third-order valence-corrected chi connectivity index (χ3v) is 6.36. The number of nitrogens with zero attached hydrogens (tertiary/aromatic N) is 7. The Morgan fingerprint density at radius 3 is 2.71 bits per heavy atom. The number of nitrogens with one attached hydrogen (secondary N) is 2. The first-order chi connectivity index (χ1) is 16.6. The number of halogens is 1. The van der Waals surface area contributed by atoms with Gasteiger partial charge in [0.15, 0.2) is 17.1 Å². The molecular formula is C24H24FN9. The second kappa shape index (κ2) is 8.05. The zero-order valence-corrected chi connectivity index (χ0v) is 19.0. The van der Waals surface area contributed by atoms with Gasteiger partial charge in [0, 0.05) is 56.9 Å². The lowest BCUT2D eigenvalue weighted by molar-refractivity contribution is 0.578. The van der Waals surface area contributed by atoms with E-state index in [4.69, 9.17) is 4.98 Å². The minimum Gasteiger partial charge on any atom is -0.376 e. The fourth-order valence-electron chi connectivity index (χ4n) is 4.55. The summed E-state index contributed by atoms with van der Waals surface area (Å²) in [6.07, 6.45) is 10.2. The quantitative estimate of drug-likeness (QED) is 0.418. The molecular weight excluding hydrogens is 433 g/mol. The Morgan fingerprint density at radius 2 is 1.88 bits per heavy atom. The van der Waals surface area contributed by atoms with Gasteiger partial charge in [-0.3, -0.25) is 10.1 Å². The van der Waals surface area contributed by atoms with Gasteiger partial charge < -0.3 is 14.8 Å². The molecule has 0 unspecified atom stereocenters. The molecule has 9 nitrogen and oxygen atoms in total. The van der Waals surface area contributed by atoms with Gasteiger partial charge in [-0.1, -0.05) is 0 Å². The molecule has 0 aromatic carbocycles. The van der Waals surface area contributed by atoms with E-state index in [1.165, 1.54) is 12.6 Å². The highest BCUT2D eigenvalue weighted by Crippen LogP contribution is 2.34. The van der Waals surface area contributed by atoms with E-state index in [9.17, 15) is 0 Å². The number of piperidine rings is 1. The van der Waals surface area contributed by atoms with Gasteiger partial charge in [-0.15, -0.1) is 0 Å². The standard InChI is InChI=1S/C24H24FN9/c1-33(2)15-10-14(11-26-12-15)16-13-28-22-18(19(16)25)21(31-32-22)24-29-20-17(6-7-27-23(20)30-24)34-8-4-3-5-9-34/h6-7,10-13H,3-5,8-9H2,1-2H3,(H,27,29,30)(H,28,31,32). The molecule has 0 saturated carbocycles. The SMILES string of the molecule is CN(C)c1cncc(-c2cnc3[nH]nc(-c4nc5c(N6CCCCC6)ccnc5[nH]4)c3c2F)c1. The van der Waals surface area contributed by atoms with Crippen molar-refractivity contribution in [2.75, 3.05) is 37.0 Å². The minimum atomic E-state index is -0.420. The van der Waals surface area contributed by atoms with Crippen molar-refractivity contribution in [2.45, 2.75) is 19.3 Å². The number of fused-ring (bicyclic) bond motifs is 2. The van der Waals surface area contributed by atoms with Crippen LogP contribution in [0.3, 0.4) is 0 Å². The van der Waals surface area contributed by atoms with Crippen LogP contribution in [-0.2, 0) is 0 Å². The number of pyridine rings is 3. The summed E-state index contributed by atoms with van der Waals surface area (Å²) in [6, 6.07) is 3.88. The lowest BCUT2D eigenvalue weighted by atomic mass is 10.1. The summed E-state index contributed by atoms with van der Waals surface area (Å²) in [7, 11) is 3.83. The Labute approximate surface area is 195 Å². The Kier molecular flexibility index (Phi) is 4.86. The van der Waals surface area contributed by atoms with E-state index in [-0.39, 0.29) is 5.39 Å². The molecule has 0 spiro atoms. The van der Waals surface area contributed by atoms with Crippen molar-refractivity contribution >= 4 is 33.6 Å². The Bertz CT molecular complexity index is 1500. The number of H-pyrrole nitrogens is 2. The third-order valence-electron chi connectivity index (χ3n) is 6.36. The van der Waals surface area contributed by atoms with Crippen LogP contribution in [0.1, 0.15) is 19.3 Å². The average Bonchev–Trinajstić information content (AvgIpc) is 3.49. The maximum Gasteiger partial charge on any atom is 0.161 e. The van der Waals surface area contributed by atoms with Gasteiger partial charge in [0.05, 0.1) is 23.0 Å². The van der Waals surface area contributed by atoms with E-state index < -0.39 is 5.82 Å². The molecule has 1 fully saturated rings. The van der Waals surface area contributed by atoms with Crippen molar-refractivity contribution in [1.29, 1.82) is 0 Å². The number of rotatable bonds is 4. The Balaban J connectivity index is 1.48. The summed E-state index contributed by atoms with van der Waals surface area (Å²) in [4.78, 5) is 25.4. The summed E-state index contributed by atoms with van der Waals surface area (Å²) in [5, 5.41) is 7.48. The van der Waals surface area contributed by atoms with Gasteiger partial charge >= 0.3 is 0 Å². The van der Waals surface area contributed by atoms with Crippen molar-refractivity contribution in [1.82, 2.24) is 35.1 Å². The second-order valence-corrected chi connectivity index (χ2v) is 8.77. The molecule has 0 amide bonds. The lowest BCUT2D eigenvalue weighted by Gasteiger charge is -2.28. The molecule has 0 atom stereocenters. The van der Waals surface area contributed by atoms with Crippen LogP contribution in [0.15, 0.2) is 36.9 Å². The Morgan fingerprint density at radius 1 is 1.03 bits per heavy atom. The first-order valence-corrected chi connectivity index (χ1v) is 11.4. The highest BCUT2D eigenvalue weighted by atomic mass is 19.1. The normalized spacial score (nSPS) is 14.3. The van der Waals surface area contributed by atoms with Crippen molar-refractivity contribution < 1.29 is 4.39 Å². The molecule has 10 heteroatoms. The van der Waals surface area contributed by atoms with Crippen LogP contribution in [0.2, 0.25) is 0 Å². The van der Waals surface area contributed by atoms with Crippen molar-refractivity contribution in [3.63, 3.8) is 0 Å². The molecule has 0 bridgehead atoms. The summed E-state index contributed by atoms with van der Waals surface area (Å²) in [6.45, 7) is 1.99. The van der Waals surface area contributed by atoms with E-state index >= 15 is 4.39 Å². The summed E-state index contributed by atoms with van der Waals surface area (Å²) < 4.78 is 15.9. The zero-order valence-electron chi connectivity index (χ0n) is 19.0. The molecule has 6 heterocycles. The van der Waals surface area contributed by atoms with Crippen LogP contribution in [-0.4, -0.2) is 62.3 Å². The Hall–Kier alpha value is -4.08. The van der Waals surface area contributed by atoms with Crippen molar-refractivity contribution in [2.24, 2.45) is 0 Å². The van der Waals surface area contributed by atoms with E-state index in [0.717, 1.165) is 42.8 Å². The predicted molar refractivity (Wildman–Crippen MR) is 130 cm³/mol. The smallest absolute Gasteiger partial charge is 0.161 e. The fourth-order valence-corrected chi connectivity index (χ4v) is 4.55. The first-order valence-electron chi connectivity index (χ1n) is 11.4. The van der Waals surface area contributed by atoms with Crippen LogP contribution in [0, 0.1) is 5.82 Å². The van der Waals surface area contributed by atoms with Gasteiger partial charge in [-0.25, -0.2) is 19.3 Å². The van der Waals surface area contributed by atoms with Crippen LogP contribution in [0.25, 0.3) is 44.8 Å². The molecule has 5 aromatic heterocycles. The fraction of sp³-hybridized carbons (Fsp3) is 0.292. The second-order valence-electron chi connectivity index (χ2n) is 8.77. The monoisotopic (exact) mass is 457 g/mol. The third kappa shape index (κ3) is 3.33. The highest BCUT2D eigenvalue weighted by molar-refractivity contribution is 5.95. The molecule has 1 saturated heterocycles. The maximum atomic E-state index is 15.9. The van der Waals surface area contributed by atoms with Gasteiger partial charge in [-0.2, -0.15) is 5.10 Å². The molecule has 1 aliphatic heterocycles. The van der Waals surface area contributed by atoms with Gasteiger partial charge in [0.2, 0.25) is 0 Å². The minimum absolute atomic E-state index is 0.284. The molecule has 6 rings (SSSR count). The molecule has 2 N–H and O–H groups in total. The number of imidazole rings is 1. The average molecular weight is 458 g/mol. The largest absolute Gasteiger partial charge is 0.376 e. The van der Waals surface area contributed by atoms with Crippen molar-refractivity contribution in [3.05, 3.63) is 42.7 Å². The van der Waals surface area contributed by atoms with Gasteiger partial charge in [0.25, 0.3) is 0 Å². The number of aromatic amines is 2. The van der Waals surface area contributed by atoms with Crippen molar-refractivity contribution in [3.8, 4) is 22.6 Å². The number of aromatic nitrogens is 7. The number of hydrogen-bond acceptors (Lipinski definition) is 7. The summed E-state index contributed by atoms with van der Waals surface area (Å²) >= 11 is 0. The van der Waals surface area contributed by atoms with E-state index in [0.29, 0.717) is 33.9 Å². The zero-order chi connectivity index (χ0) is 23.2. The highest BCUT2D eigenvalue weighted by Gasteiger charge is 2.22. The number of hydrogen-bond donors (Lipinski definition) is 2. The van der Waals surface area contributed by atoms with Crippen LogP contribution in [0.4, 0.5) is 15.8 Å². The molecule has 34 heavy (non-hydrogen) atoms. The molecule has 0 aliphatic carbocycles. The van der Waals surface area contributed by atoms with E-state index in [1.807, 2.05) is 31.1 Å². The first kappa shape index (κ1) is 20.5. The lowest BCUT2D eigenvalue weighted by Crippen LogP contribution is -2.29. The van der Waals surface area contributed by atoms with E-state index in [1.54, 1.807) is 18.6 Å². The predicted octanol–water partition coefficient (Wildman–Crippen LogP) is 4.15. The van der Waals surface area contributed by atoms with Gasteiger partial charge in [-0.05, 0) is 31.4 Å². The van der Waals surface area contributed by atoms with Gasteiger partial charge in [0.1, 0.15) is 17.0 Å². The molecule has 0 radical (unpaired) electrons. The van der Waals surface area contributed by atoms with Crippen LogP contribution in [0.5, 0.6) is 0 Å². The van der Waals surface area contributed by atoms with Crippen LogP contribution >= 0.6 is 0 Å². The summed E-state index contributed by atoms with van der Waals surface area (Å²) in [5.74, 6) is 0.0346. The van der Waals surface area contributed by atoms with E-state index in [2.05, 4.69) is 35.0 Å².